The first-order valence-corrected chi connectivity index (χ1v) is 13.0. The molecule has 1 heterocycles. The van der Waals surface area contributed by atoms with Crippen LogP contribution in [-0.4, -0.2) is 19.2 Å². The van der Waals surface area contributed by atoms with E-state index in [1.165, 1.54) is 17.5 Å². The van der Waals surface area contributed by atoms with E-state index in [1.807, 2.05) is 56.3 Å². The number of nitrogens with zero attached hydrogens (tertiary/aromatic N) is 1. The van der Waals surface area contributed by atoms with Crippen LogP contribution in [0.15, 0.2) is 76.2 Å². The Hall–Kier alpha value is -4.52. The molecule has 4 aromatic rings. The maximum absolute atomic E-state index is 12.5. The summed E-state index contributed by atoms with van der Waals surface area (Å²) in [5.41, 5.74) is 9.08. The molecule has 3 aromatic carbocycles. The van der Waals surface area contributed by atoms with Crippen molar-refractivity contribution < 1.29 is 23.4 Å². The number of nitrogens with one attached hydrogen (secondary N) is 1. The zero-order valence-corrected chi connectivity index (χ0v) is 22.5. The lowest BCUT2D eigenvalue weighted by atomic mass is 10.1. The highest BCUT2D eigenvalue weighted by Crippen LogP contribution is 2.27. The molecule has 1 aromatic heterocycles. The molecule has 0 fully saturated rings. The van der Waals surface area contributed by atoms with Crippen molar-refractivity contribution in [1.82, 2.24) is 5.43 Å². The standard InChI is InChI=1S/C32H32N2O5/c1-21-6-4-7-22(2)31(21)38-19-26-16-23(10-14-29(26)36-3)18-33-34-32(35)30-15-13-28(39-30)20-37-27-12-11-24-8-5-9-25(24)17-27/h4,6-7,10-18H,5,8-9,19-20H2,1-3H3,(H,34,35)/b33-18-. The number of carbonyl (C=O) groups excluding carboxylic acids is 1. The van der Waals surface area contributed by atoms with Gasteiger partial charge in [-0.2, -0.15) is 5.10 Å². The number of amides is 1. The Morgan fingerprint density at radius 2 is 1.77 bits per heavy atom. The van der Waals surface area contributed by atoms with Gasteiger partial charge in [0.25, 0.3) is 0 Å². The fraction of sp³-hybridized carbons (Fsp3) is 0.250. The van der Waals surface area contributed by atoms with Crippen molar-refractivity contribution in [3.05, 3.63) is 112 Å². The van der Waals surface area contributed by atoms with Gasteiger partial charge in [-0.3, -0.25) is 4.79 Å². The molecule has 1 N–H and O–H groups in total. The number of hydrogen-bond acceptors (Lipinski definition) is 6. The third-order valence-corrected chi connectivity index (χ3v) is 6.80. The van der Waals surface area contributed by atoms with Crippen molar-refractivity contribution in [3.63, 3.8) is 0 Å². The Balaban J connectivity index is 1.16. The lowest BCUT2D eigenvalue weighted by Crippen LogP contribution is -2.16. The van der Waals surface area contributed by atoms with Gasteiger partial charge >= 0.3 is 5.91 Å². The van der Waals surface area contributed by atoms with E-state index in [0.717, 1.165) is 46.6 Å². The lowest BCUT2D eigenvalue weighted by Gasteiger charge is -2.14. The summed E-state index contributed by atoms with van der Waals surface area (Å²) in [6.45, 7) is 4.63. The number of ether oxygens (including phenoxy) is 3. The van der Waals surface area contributed by atoms with E-state index in [2.05, 4.69) is 22.7 Å². The highest BCUT2D eigenvalue weighted by Gasteiger charge is 2.14. The van der Waals surface area contributed by atoms with Gasteiger partial charge in [0.1, 0.15) is 36.2 Å². The van der Waals surface area contributed by atoms with E-state index in [0.29, 0.717) is 18.1 Å². The molecule has 1 aliphatic rings. The number of benzene rings is 3. The zero-order chi connectivity index (χ0) is 27.2. The van der Waals surface area contributed by atoms with Gasteiger partial charge in [0.15, 0.2) is 5.76 Å². The first-order chi connectivity index (χ1) is 19.0. The second kappa shape index (κ2) is 11.9. The van der Waals surface area contributed by atoms with Crippen LogP contribution in [0.2, 0.25) is 0 Å². The topological polar surface area (TPSA) is 82.3 Å². The highest BCUT2D eigenvalue weighted by atomic mass is 16.5. The van der Waals surface area contributed by atoms with Crippen LogP contribution < -0.4 is 19.6 Å². The first kappa shape index (κ1) is 26.1. The molecule has 0 atom stereocenters. The molecule has 0 aliphatic heterocycles. The van der Waals surface area contributed by atoms with Gasteiger partial charge in [-0.25, -0.2) is 5.43 Å². The van der Waals surface area contributed by atoms with Gasteiger partial charge in [-0.15, -0.1) is 0 Å². The second-order valence-electron chi connectivity index (χ2n) is 9.62. The van der Waals surface area contributed by atoms with Crippen molar-refractivity contribution in [2.75, 3.05) is 7.11 Å². The zero-order valence-electron chi connectivity index (χ0n) is 22.5. The van der Waals surface area contributed by atoms with E-state index < -0.39 is 5.91 Å². The first-order valence-electron chi connectivity index (χ1n) is 13.0. The van der Waals surface area contributed by atoms with Crippen LogP contribution in [0.3, 0.4) is 0 Å². The van der Waals surface area contributed by atoms with Gasteiger partial charge in [0, 0.05) is 5.56 Å². The van der Waals surface area contributed by atoms with Crippen LogP contribution in [0, 0.1) is 13.8 Å². The molecule has 0 saturated carbocycles. The van der Waals surface area contributed by atoms with Crippen LogP contribution in [0.4, 0.5) is 0 Å². The molecule has 0 unspecified atom stereocenters. The van der Waals surface area contributed by atoms with E-state index >= 15 is 0 Å². The number of hydrazone groups is 1. The van der Waals surface area contributed by atoms with Crippen LogP contribution in [0.1, 0.15) is 56.1 Å². The largest absolute Gasteiger partial charge is 0.496 e. The van der Waals surface area contributed by atoms with Crippen molar-refractivity contribution >= 4 is 12.1 Å². The van der Waals surface area contributed by atoms with Crippen molar-refractivity contribution in [2.24, 2.45) is 5.10 Å². The summed E-state index contributed by atoms with van der Waals surface area (Å²) >= 11 is 0. The fourth-order valence-electron chi connectivity index (χ4n) is 4.76. The highest BCUT2D eigenvalue weighted by molar-refractivity contribution is 5.92. The molecule has 1 amide bonds. The van der Waals surface area contributed by atoms with Crippen molar-refractivity contribution in [1.29, 1.82) is 0 Å². The summed E-state index contributed by atoms with van der Waals surface area (Å²) in [4.78, 5) is 12.5. The molecule has 200 valence electrons. The molecule has 39 heavy (non-hydrogen) atoms. The van der Waals surface area contributed by atoms with E-state index in [4.69, 9.17) is 18.6 Å². The monoisotopic (exact) mass is 524 g/mol. The summed E-state index contributed by atoms with van der Waals surface area (Å²) in [5, 5.41) is 4.10. The number of para-hydroxylation sites is 1. The van der Waals surface area contributed by atoms with Crippen LogP contribution in [0.25, 0.3) is 0 Å². The Bertz CT molecular complexity index is 1480. The smallest absolute Gasteiger partial charge is 0.307 e. The summed E-state index contributed by atoms with van der Waals surface area (Å²) in [6.07, 6.45) is 4.99. The maximum atomic E-state index is 12.5. The minimum absolute atomic E-state index is 0.164. The number of fused-ring (bicyclic) bond motifs is 1. The SMILES string of the molecule is COc1ccc(/C=N\NC(=O)c2ccc(COc3ccc4c(c3)CCC4)o2)cc1COc1c(C)cccc1C. The second-order valence-corrected chi connectivity index (χ2v) is 9.62. The normalized spacial score (nSPS) is 12.4. The molecule has 0 bridgehead atoms. The van der Waals surface area contributed by atoms with Gasteiger partial charge in [-0.1, -0.05) is 24.3 Å². The molecule has 0 spiro atoms. The van der Waals surface area contributed by atoms with Gasteiger partial charge in [0.05, 0.1) is 13.3 Å². The summed E-state index contributed by atoms with van der Waals surface area (Å²) in [7, 11) is 1.63. The predicted molar refractivity (Wildman–Crippen MR) is 150 cm³/mol. The number of furan rings is 1. The van der Waals surface area contributed by atoms with E-state index in [-0.39, 0.29) is 12.4 Å². The maximum Gasteiger partial charge on any atom is 0.307 e. The third kappa shape index (κ3) is 6.32. The Morgan fingerprint density at radius 3 is 2.59 bits per heavy atom. The quantitative estimate of drug-likeness (QED) is 0.194. The number of methoxy groups -OCH3 is 1. The van der Waals surface area contributed by atoms with E-state index in [1.54, 1.807) is 25.5 Å². The molecule has 7 heteroatoms. The molecule has 7 nitrogen and oxygen atoms in total. The van der Waals surface area contributed by atoms with Gasteiger partial charge in [-0.05, 0) is 103 Å². The van der Waals surface area contributed by atoms with Gasteiger partial charge < -0.3 is 18.6 Å². The molecule has 0 saturated heterocycles. The molecular formula is C32H32N2O5. The van der Waals surface area contributed by atoms with Crippen molar-refractivity contribution in [2.45, 2.75) is 46.3 Å². The number of hydrogen-bond donors (Lipinski definition) is 1. The average Bonchev–Trinajstić information content (AvgIpc) is 3.61. The summed E-state index contributed by atoms with van der Waals surface area (Å²) in [5.74, 6) is 2.67. The number of rotatable bonds is 10. The Kier molecular flexibility index (Phi) is 7.96. The average molecular weight is 525 g/mol. The van der Waals surface area contributed by atoms with Crippen LogP contribution in [0.5, 0.6) is 17.2 Å². The molecule has 5 rings (SSSR count). The van der Waals surface area contributed by atoms with Crippen LogP contribution in [-0.2, 0) is 26.1 Å². The van der Waals surface area contributed by atoms with Gasteiger partial charge in [0.2, 0.25) is 0 Å². The number of aryl methyl sites for hydroxylation is 4. The fourth-order valence-corrected chi connectivity index (χ4v) is 4.76. The lowest BCUT2D eigenvalue weighted by molar-refractivity contribution is 0.0923. The molecular weight excluding hydrogens is 492 g/mol. The molecule has 0 radical (unpaired) electrons. The minimum atomic E-state index is -0.442. The minimum Gasteiger partial charge on any atom is -0.496 e. The third-order valence-electron chi connectivity index (χ3n) is 6.80. The summed E-state index contributed by atoms with van der Waals surface area (Å²) in [6, 6.07) is 21.2. The van der Waals surface area contributed by atoms with Crippen LogP contribution >= 0.6 is 0 Å². The van der Waals surface area contributed by atoms with E-state index in [9.17, 15) is 4.79 Å². The van der Waals surface area contributed by atoms with Crippen molar-refractivity contribution in [3.8, 4) is 17.2 Å². The predicted octanol–water partition coefficient (Wildman–Crippen LogP) is 6.32. The Labute approximate surface area is 228 Å². The molecule has 1 aliphatic carbocycles. The number of carbonyl (C=O) groups is 1. The summed E-state index contributed by atoms with van der Waals surface area (Å²) < 4.78 is 23.1. The Morgan fingerprint density at radius 1 is 0.949 bits per heavy atom.